The predicted octanol–water partition coefficient (Wildman–Crippen LogP) is -0.940. The van der Waals surface area contributed by atoms with E-state index in [1.807, 2.05) is 6.92 Å². The zero-order chi connectivity index (χ0) is 30.2. The highest BCUT2D eigenvalue weighted by molar-refractivity contribution is 5.94. The molecule has 0 bridgehead atoms. The zero-order valence-electron chi connectivity index (χ0n) is 22.8. The molecule has 0 aliphatic heterocycles. The molecule has 0 aromatic heterocycles. The third-order valence-electron chi connectivity index (χ3n) is 6.32. The van der Waals surface area contributed by atoms with Crippen LogP contribution in [0, 0.1) is 5.92 Å². The fraction of sp³-hybridized carbons (Fsp3) is 0.538. The van der Waals surface area contributed by atoms with E-state index in [1.165, 1.54) is 0 Å². The van der Waals surface area contributed by atoms with Crippen molar-refractivity contribution >= 4 is 35.6 Å². The van der Waals surface area contributed by atoms with Gasteiger partial charge in [-0.15, -0.1) is 0 Å². The summed E-state index contributed by atoms with van der Waals surface area (Å²) in [5.74, 6) is -5.04. The van der Waals surface area contributed by atoms with E-state index in [0.29, 0.717) is 12.0 Å². The van der Waals surface area contributed by atoms with Gasteiger partial charge in [0.15, 0.2) is 5.96 Å². The van der Waals surface area contributed by atoms with Crippen LogP contribution in [0.15, 0.2) is 35.3 Å². The quantitative estimate of drug-likeness (QED) is 0.0618. The minimum absolute atomic E-state index is 0.00136. The summed E-state index contributed by atoms with van der Waals surface area (Å²) >= 11 is 0. The number of aliphatic carboxylic acids is 2. The lowest BCUT2D eigenvalue weighted by atomic mass is 9.98. The van der Waals surface area contributed by atoms with Crippen molar-refractivity contribution in [1.82, 2.24) is 16.0 Å². The van der Waals surface area contributed by atoms with Crippen molar-refractivity contribution in [3.05, 3.63) is 35.9 Å². The Bertz CT molecular complexity index is 1030. The Kier molecular flexibility index (Phi) is 14.7. The number of rotatable bonds is 18. The van der Waals surface area contributed by atoms with Crippen molar-refractivity contribution in [1.29, 1.82) is 0 Å². The summed E-state index contributed by atoms with van der Waals surface area (Å²) in [6.45, 7) is 3.75. The van der Waals surface area contributed by atoms with Gasteiger partial charge in [0.1, 0.15) is 18.1 Å². The minimum Gasteiger partial charge on any atom is -0.481 e. The van der Waals surface area contributed by atoms with Gasteiger partial charge in [-0.3, -0.25) is 24.2 Å². The fourth-order valence-corrected chi connectivity index (χ4v) is 3.68. The van der Waals surface area contributed by atoms with E-state index in [4.69, 9.17) is 22.3 Å². The third kappa shape index (κ3) is 12.6. The summed E-state index contributed by atoms with van der Waals surface area (Å²) in [6.07, 6.45) is 0.189. The number of benzene rings is 1. The Morgan fingerprint density at radius 1 is 0.875 bits per heavy atom. The number of aliphatic imine (C=N–C) groups is 1. The summed E-state index contributed by atoms with van der Waals surface area (Å²) < 4.78 is 0. The largest absolute Gasteiger partial charge is 0.481 e. The Morgan fingerprint density at radius 2 is 1.43 bits per heavy atom. The number of guanidine groups is 1. The second-order valence-electron chi connectivity index (χ2n) is 9.50. The number of nitrogens with two attached hydrogens (primary N) is 3. The lowest BCUT2D eigenvalue weighted by Crippen LogP contribution is -2.57. The smallest absolute Gasteiger partial charge is 0.326 e. The average molecular weight is 564 g/mol. The highest BCUT2D eigenvalue weighted by Crippen LogP contribution is 2.09. The molecule has 5 unspecified atom stereocenters. The molecule has 5 atom stereocenters. The lowest BCUT2D eigenvalue weighted by molar-refractivity contribution is -0.142. The zero-order valence-corrected chi connectivity index (χ0v) is 22.8. The third-order valence-corrected chi connectivity index (χ3v) is 6.32. The Labute approximate surface area is 233 Å². The van der Waals surface area contributed by atoms with Crippen molar-refractivity contribution in [3.8, 4) is 0 Å². The summed E-state index contributed by atoms with van der Waals surface area (Å²) in [4.78, 5) is 65.9. The number of carbonyl (C=O) groups excluding carboxylic acids is 3. The molecule has 1 aromatic rings. The van der Waals surface area contributed by atoms with E-state index in [0.717, 1.165) is 0 Å². The first kappa shape index (κ1) is 33.8. The monoisotopic (exact) mass is 563 g/mol. The molecule has 14 heteroatoms. The van der Waals surface area contributed by atoms with Crippen LogP contribution < -0.4 is 33.2 Å². The van der Waals surface area contributed by atoms with Crippen LogP contribution >= 0.6 is 0 Å². The fourth-order valence-electron chi connectivity index (χ4n) is 3.68. The molecule has 0 saturated carbocycles. The first-order valence-electron chi connectivity index (χ1n) is 13.1. The van der Waals surface area contributed by atoms with Crippen molar-refractivity contribution in [2.75, 3.05) is 6.54 Å². The van der Waals surface area contributed by atoms with Gasteiger partial charge in [0, 0.05) is 19.4 Å². The van der Waals surface area contributed by atoms with Crippen LogP contribution in [0.3, 0.4) is 0 Å². The van der Waals surface area contributed by atoms with Crippen molar-refractivity contribution < 1.29 is 34.2 Å². The first-order chi connectivity index (χ1) is 18.8. The van der Waals surface area contributed by atoms with Crippen LogP contribution in [0.5, 0.6) is 0 Å². The van der Waals surface area contributed by atoms with Gasteiger partial charge >= 0.3 is 11.9 Å². The highest BCUT2D eigenvalue weighted by Gasteiger charge is 2.31. The van der Waals surface area contributed by atoms with Gasteiger partial charge in [0.2, 0.25) is 17.7 Å². The molecule has 0 fully saturated rings. The number of hydrogen-bond donors (Lipinski definition) is 8. The molecule has 0 radical (unpaired) electrons. The standard InChI is InChI=1S/C26H41N7O7/c1-3-15(2)21(27)24(38)32-18(11-12-20(34)35)23(37)31-17(10-7-13-30-26(28)29)22(36)33-19(25(39)40)14-16-8-5-4-6-9-16/h4-6,8-9,15,17-19,21H,3,7,10-14,27H2,1-2H3,(H,31,37)(H,32,38)(H,33,36)(H,34,35)(H,39,40)(H4,28,29,30). The first-order valence-corrected chi connectivity index (χ1v) is 13.1. The van der Waals surface area contributed by atoms with Gasteiger partial charge in [-0.25, -0.2) is 4.79 Å². The number of nitrogens with zero attached hydrogens (tertiary/aromatic N) is 1. The maximum Gasteiger partial charge on any atom is 0.326 e. The molecule has 0 aliphatic rings. The second-order valence-corrected chi connectivity index (χ2v) is 9.50. The molecule has 40 heavy (non-hydrogen) atoms. The Balaban J connectivity index is 3.11. The van der Waals surface area contributed by atoms with E-state index in [9.17, 15) is 29.1 Å². The van der Waals surface area contributed by atoms with Crippen molar-refractivity contribution in [2.45, 2.75) is 76.5 Å². The summed E-state index contributed by atoms with van der Waals surface area (Å²) in [5.41, 5.74) is 17.3. The molecule has 0 aliphatic carbocycles. The average Bonchev–Trinajstić information content (AvgIpc) is 2.91. The molecule has 222 valence electrons. The predicted molar refractivity (Wildman–Crippen MR) is 148 cm³/mol. The number of amides is 3. The molecule has 14 nitrogen and oxygen atoms in total. The molecule has 0 heterocycles. The van der Waals surface area contributed by atoms with Crippen LogP contribution in [-0.2, 0) is 30.4 Å². The second kappa shape index (κ2) is 17.4. The topological polar surface area (TPSA) is 252 Å². The number of carboxylic acid groups (broad SMARTS) is 2. The lowest BCUT2D eigenvalue weighted by Gasteiger charge is -2.26. The van der Waals surface area contributed by atoms with E-state index < -0.39 is 60.2 Å². The van der Waals surface area contributed by atoms with Gasteiger partial charge in [-0.05, 0) is 30.7 Å². The normalized spacial score (nSPS) is 14.5. The molecular formula is C26H41N7O7. The Morgan fingerprint density at radius 3 is 1.95 bits per heavy atom. The molecule has 0 spiro atoms. The summed E-state index contributed by atoms with van der Waals surface area (Å²) in [7, 11) is 0. The van der Waals surface area contributed by atoms with Crippen molar-refractivity contribution in [2.24, 2.45) is 28.1 Å². The number of carboxylic acids is 2. The van der Waals surface area contributed by atoms with E-state index >= 15 is 0 Å². The van der Waals surface area contributed by atoms with Gasteiger partial charge in [-0.1, -0.05) is 50.6 Å². The summed E-state index contributed by atoms with van der Waals surface area (Å²) in [5, 5.41) is 26.3. The SMILES string of the molecule is CCC(C)C(N)C(=O)NC(CCC(=O)O)C(=O)NC(CCCN=C(N)N)C(=O)NC(Cc1ccccc1)C(=O)O. The van der Waals surface area contributed by atoms with E-state index in [1.54, 1.807) is 37.3 Å². The number of nitrogens with one attached hydrogen (secondary N) is 3. The molecule has 1 aromatic carbocycles. The van der Waals surface area contributed by atoms with Crippen LogP contribution in [0.1, 0.15) is 51.5 Å². The van der Waals surface area contributed by atoms with Crippen LogP contribution in [0.25, 0.3) is 0 Å². The van der Waals surface area contributed by atoms with E-state index in [-0.39, 0.29) is 44.1 Å². The molecule has 0 saturated heterocycles. The maximum absolute atomic E-state index is 13.2. The van der Waals surface area contributed by atoms with Crippen LogP contribution in [0.4, 0.5) is 0 Å². The van der Waals surface area contributed by atoms with Gasteiger partial charge in [0.25, 0.3) is 0 Å². The highest BCUT2D eigenvalue weighted by atomic mass is 16.4. The maximum atomic E-state index is 13.2. The Hall–Kier alpha value is -4.20. The molecule has 11 N–H and O–H groups in total. The summed E-state index contributed by atoms with van der Waals surface area (Å²) in [6, 6.07) is 3.93. The van der Waals surface area contributed by atoms with Crippen molar-refractivity contribution in [3.63, 3.8) is 0 Å². The van der Waals surface area contributed by atoms with E-state index in [2.05, 4.69) is 20.9 Å². The minimum atomic E-state index is -1.30. The van der Waals surface area contributed by atoms with Gasteiger partial charge in [-0.2, -0.15) is 0 Å². The molecular weight excluding hydrogens is 522 g/mol. The molecule has 1 rings (SSSR count). The van der Waals surface area contributed by atoms with Crippen LogP contribution in [-0.4, -0.2) is 76.5 Å². The van der Waals surface area contributed by atoms with Gasteiger partial charge < -0.3 is 43.4 Å². The molecule has 3 amide bonds. The number of carbonyl (C=O) groups is 5. The van der Waals surface area contributed by atoms with Crippen LogP contribution in [0.2, 0.25) is 0 Å². The van der Waals surface area contributed by atoms with Gasteiger partial charge in [0.05, 0.1) is 6.04 Å². The number of hydrogen-bond acceptors (Lipinski definition) is 7.